The molecule has 1 fully saturated rings. The number of hydrogen-bond acceptors (Lipinski definition) is 3. The van der Waals surface area contributed by atoms with Crippen LogP contribution in [0.1, 0.15) is 12.8 Å². The normalized spacial score (nSPS) is 14.5. The van der Waals surface area contributed by atoms with Gasteiger partial charge in [0.15, 0.2) is 5.75 Å². The molecule has 0 saturated carbocycles. The van der Waals surface area contributed by atoms with E-state index >= 15 is 0 Å². The summed E-state index contributed by atoms with van der Waals surface area (Å²) in [5.41, 5.74) is 0.418. The Morgan fingerprint density at radius 2 is 1.59 bits per heavy atom. The predicted octanol–water partition coefficient (Wildman–Crippen LogP) is 4.44. The van der Waals surface area contributed by atoms with E-state index in [1.54, 1.807) is 42.5 Å². The van der Waals surface area contributed by atoms with E-state index in [0.29, 0.717) is 27.2 Å². The average Bonchev–Trinajstić information content (AvgIpc) is 2.82. The quantitative estimate of drug-likeness (QED) is 0.779. The van der Waals surface area contributed by atoms with Gasteiger partial charge in [0, 0.05) is 17.9 Å². The fourth-order valence-corrected chi connectivity index (χ4v) is 2.70. The summed E-state index contributed by atoms with van der Waals surface area (Å²) in [5, 5.41) is 0.844. The van der Waals surface area contributed by atoms with Crippen LogP contribution in [0.15, 0.2) is 42.5 Å². The summed E-state index contributed by atoms with van der Waals surface area (Å²) in [6.45, 7) is 0. The van der Waals surface area contributed by atoms with E-state index in [9.17, 15) is 9.59 Å². The summed E-state index contributed by atoms with van der Waals surface area (Å²) >= 11 is 11.9. The van der Waals surface area contributed by atoms with Gasteiger partial charge in [-0.2, -0.15) is 0 Å². The Hall–Kier alpha value is -2.04. The number of carbonyl (C=O) groups is 2. The standard InChI is InChI=1S/C16H11Cl2NO3/c17-10-5-6-13(11(18)9-10)22-14-4-2-1-3-12(14)19-15(20)7-8-16(19)21/h1-6,9H,7-8H2. The maximum Gasteiger partial charge on any atom is 0.234 e. The van der Waals surface area contributed by atoms with Gasteiger partial charge in [0.05, 0.1) is 10.7 Å². The largest absolute Gasteiger partial charge is 0.454 e. The molecule has 3 rings (SSSR count). The molecule has 0 radical (unpaired) electrons. The molecule has 6 heteroatoms. The monoisotopic (exact) mass is 335 g/mol. The summed E-state index contributed by atoms with van der Waals surface area (Å²) < 4.78 is 5.77. The Balaban J connectivity index is 1.98. The minimum atomic E-state index is -0.233. The molecule has 2 aromatic rings. The fourth-order valence-electron chi connectivity index (χ4n) is 2.25. The number of imide groups is 1. The molecule has 2 amide bonds. The molecule has 0 bridgehead atoms. The number of halogens is 2. The molecular weight excluding hydrogens is 325 g/mol. The van der Waals surface area contributed by atoms with Gasteiger partial charge in [0.2, 0.25) is 11.8 Å². The highest BCUT2D eigenvalue weighted by Crippen LogP contribution is 2.37. The third-order valence-corrected chi connectivity index (χ3v) is 3.80. The minimum Gasteiger partial charge on any atom is -0.454 e. The Bertz CT molecular complexity index is 745. The van der Waals surface area contributed by atoms with Crippen molar-refractivity contribution >= 4 is 40.7 Å². The van der Waals surface area contributed by atoms with Gasteiger partial charge in [-0.15, -0.1) is 0 Å². The zero-order valence-corrected chi connectivity index (χ0v) is 12.9. The van der Waals surface area contributed by atoms with Crippen LogP contribution < -0.4 is 9.64 Å². The van der Waals surface area contributed by atoms with Crippen LogP contribution in [0.25, 0.3) is 0 Å². The van der Waals surface area contributed by atoms with E-state index in [4.69, 9.17) is 27.9 Å². The number of rotatable bonds is 3. The Labute approximate surface area is 137 Å². The minimum absolute atomic E-state index is 0.217. The number of anilines is 1. The number of hydrogen-bond donors (Lipinski definition) is 0. The average molecular weight is 336 g/mol. The number of ether oxygens (including phenoxy) is 1. The van der Waals surface area contributed by atoms with Gasteiger partial charge >= 0.3 is 0 Å². The smallest absolute Gasteiger partial charge is 0.234 e. The Kier molecular flexibility index (Phi) is 4.05. The van der Waals surface area contributed by atoms with Crippen LogP contribution in [0.5, 0.6) is 11.5 Å². The van der Waals surface area contributed by atoms with Crippen LogP contribution in [0.3, 0.4) is 0 Å². The van der Waals surface area contributed by atoms with Crippen molar-refractivity contribution in [2.24, 2.45) is 0 Å². The predicted molar refractivity (Wildman–Crippen MR) is 84.7 cm³/mol. The molecule has 0 N–H and O–H groups in total. The van der Waals surface area contributed by atoms with E-state index in [1.807, 2.05) is 0 Å². The molecule has 22 heavy (non-hydrogen) atoms. The molecule has 1 heterocycles. The fraction of sp³-hybridized carbons (Fsp3) is 0.125. The molecule has 0 unspecified atom stereocenters. The van der Waals surface area contributed by atoms with Gasteiger partial charge in [-0.25, -0.2) is 4.90 Å². The SMILES string of the molecule is O=C1CCC(=O)N1c1ccccc1Oc1ccc(Cl)cc1Cl. The second kappa shape index (κ2) is 5.99. The van der Waals surface area contributed by atoms with Gasteiger partial charge in [0.1, 0.15) is 5.75 Å². The van der Waals surface area contributed by atoms with Gasteiger partial charge < -0.3 is 4.74 Å². The number of para-hydroxylation sites is 2. The summed E-state index contributed by atoms with van der Waals surface area (Å²) in [6, 6.07) is 11.7. The first-order chi connectivity index (χ1) is 10.6. The summed E-state index contributed by atoms with van der Waals surface area (Å²) in [6.07, 6.45) is 0.434. The molecular formula is C16H11Cl2NO3. The lowest BCUT2D eigenvalue weighted by Crippen LogP contribution is -2.28. The van der Waals surface area contributed by atoms with Crippen LogP contribution in [0.4, 0.5) is 5.69 Å². The molecule has 0 aromatic heterocycles. The highest BCUT2D eigenvalue weighted by molar-refractivity contribution is 6.35. The second-order valence-corrected chi connectivity index (χ2v) is 5.61. The number of amides is 2. The molecule has 0 spiro atoms. The number of carbonyl (C=O) groups excluding carboxylic acids is 2. The van der Waals surface area contributed by atoms with Crippen molar-refractivity contribution in [2.75, 3.05) is 4.90 Å². The molecule has 1 aliphatic heterocycles. The third-order valence-electron chi connectivity index (χ3n) is 3.27. The van der Waals surface area contributed by atoms with Crippen molar-refractivity contribution in [3.63, 3.8) is 0 Å². The zero-order chi connectivity index (χ0) is 15.7. The summed E-state index contributed by atoms with van der Waals surface area (Å²) in [7, 11) is 0. The lowest BCUT2D eigenvalue weighted by Gasteiger charge is -2.18. The second-order valence-electron chi connectivity index (χ2n) is 4.77. The van der Waals surface area contributed by atoms with E-state index < -0.39 is 0 Å². The van der Waals surface area contributed by atoms with Crippen LogP contribution >= 0.6 is 23.2 Å². The maximum absolute atomic E-state index is 11.9. The molecule has 1 saturated heterocycles. The van der Waals surface area contributed by atoms with Crippen molar-refractivity contribution in [2.45, 2.75) is 12.8 Å². The lowest BCUT2D eigenvalue weighted by molar-refractivity contribution is -0.121. The van der Waals surface area contributed by atoms with Crippen LogP contribution in [0.2, 0.25) is 10.0 Å². The summed E-state index contributed by atoms with van der Waals surface area (Å²) in [4.78, 5) is 25.0. The first kappa shape index (κ1) is 14.9. The first-order valence-corrected chi connectivity index (χ1v) is 7.39. The highest BCUT2D eigenvalue weighted by Gasteiger charge is 2.32. The maximum atomic E-state index is 11.9. The van der Waals surface area contributed by atoms with Crippen molar-refractivity contribution in [3.05, 3.63) is 52.5 Å². The molecule has 2 aromatic carbocycles. The highest BCUT2D eigenvalue weighted by atomic mass is 35.5. The third kappa shape index (κ3) is 2.80. The number of benzene rings is 2. The van der Waals surface area contributed by atoms with Gasteiger partial charge in [-0.05, 0) is 30.3 Å². The Morgan fingerprint density at radius 3 is 2.27 bits per heavy atom. The van der Waals surface area contributed by atoms with Gasteiger partial charge in [0.25, 0.3) is 0 Å². The molecule has 0 atom stereocenters. The van der Waals surface area contributed by atoms with Crippen LogP contribution in [0, 0.1) is 0 Å². The van der Waals surface area contributed by atoms with Crippen molar-refractivity contribution in [3.8, 4) is 11.5 Å². The van der Waals surface area contributed by atoms with Crippen LogP contribution in [-0.2, 0) is 9.59 Å². The number of nitrogens with zero attached hydrogens (tertiary/aromatic N) is 1. The van der Waals surface area contributed by atoms with Crippen molar-refractivity contribution < 1.29 is 14.3 Å². The molecule has 0 aliphatic carbocycles. The molecule has 4 nitrogen and oxygen atoms in total. The molecule has 1 aliphatic rings. The van der Waals surface area contributed by atoms with Gasteiger partial charge in [-0.1, -0.05) is 35.3 Å². The zero-order valence-electron chi connectivity index (χ0n) is 11.4. The van der Waals surface area contributed by atoms with Crippen molar-refractivity contribution in [1.82, 2.24) is 0 Å². The first-order valence-electron chi connectivity index (χ1n) is 6.64. The molecule has 112 valence electrons. The van der Waals surface area contributed by atoms with E-state index in [0.717, 1.165) is 4.90 Å². The van der Waals surface area contributed by atoms with Gasteiger partial charge in [-0.3, -0.25) is 9.59 Å². The van der Waals surface area contributed by atoms with Crippen molar-refractivity contribution in [1.29, 1.82) is 0 Å². The lowest BCUT2D eigenvalue weighted by atomic mass is 10.2. The topological polar surface area (TPSA) is 46.6 Å². The van der Waals surface area contributed by atoms with Crippen LogP contribution in [-0.4, -0.2) is 11.8 Å². The van der Waals surface area contributed by atoms with E-state index in [1.165, 1.54) is 0 Å². The van der Waals surface area contributed by atoms with E-state index in [2.05, 4.69) is 0 Å². The van der Waals surface area contributed by atoms with E-state index in [-0.39, 0.29) is 24.7 Å². The summed E-state index contributed by atoms with van der Waals surface area (Å²) in [5.74, 6) is 0.319. The Morgan fingerprint density at radius 1 is 0.909 bits per heavy atom.